The van der Waals surface area contributed by atoms with Crippen molar-refractivity contribution in [3.63, 3.8) is 0 Å². The van der Waals surface area contributed by atoms with Crippen LogP contribution in [0.15, 0.2) is 183 Å². The van der Waals surface area contributed by atoms with E-state index in [0.29, 0.717) is 28.7 Å². The number of hydrogen-bond acceptors (Lipinski definition) is 18. The fourth-order valence-corrected chi connectivity index (χ4v) is 19.4. The molecular formula is C100H135Cl14N19O. The van der Waals surface area contributed by atoms with Gasteiger partial charge in [0.15, 0.2) is 0 Å². The predicted molar refractivity (Wildman–Crippen MR) is 576 cm³/mol. The van der Waals surface area contributed by atoms with E-state index >= 15 is 0 Å². The third-order valence-corrected chi connectivity index (χ3v) is 28.5. The Morgan fingerprint density at radius 2 is 0.701 bits per heavy atom. The van der Waals surface area contributed by atoms with E-state index in [1.807, 2.05) is 150 Å². The van der Waals surface area contributed by atoms with Crippen LogP contribution >= 0.6 is 165 Å². The third-order valence-electron chi connectivity index (χ3n) is 26.0. The Balaban J connectivity index is 0.000000271. The van der Waals surface area contributed by atoms with Crippen molar-refractivity contribution in [1.29, 1.82) is 10.5 Å². The smallest absolute Gasteiger partial charge is 0.142 e. The van der Waals surface area contributed by atoms with Crippen LogP contribution < -0.4 is 31.5 Å². The first-order chi connectivity index (χ1) is 63.2. The van der Waals surface area contributed by atoms with Gasteiger partial charge >= 0.3 is 0 Å². The predicted octanol–water partition coefficient (Wildman–Crippen LogP) is 21.6. The van der Waals surface area contributed by atoms with Gasteiger partial charge in [-0.2, -0.15) is 10.5 Å². The van der Waals surface area contributed by atoms with Crippen molar-refractivity contribution in [2.75, 3.05) is 209 Å². The van der Waals surface area contributed by atoms with Crippen LogP contribution in [-0.4, -0.2) is 265 Å². The highest BCUT2D eigenvalue weighted by Gasteiger charge is 2.41. The van der Waals surface area contributed by atoms with Gasteiger partial charge in [-0.15, -0.1) is 83.6 Å². The zero-order chi connectivity index (χ0) is 94.7. The number of nitrogens with one attached hydrogen (secondary N) is 7. The van der Waals surface area contributed by atoms with Crippen LogP contribution in [-0.2, 0) is 37.3 Å². The second-order valence-electron chi connectivity index (χ2n) is 34.7. The van der Waals surface area contributed by atoms with Crippen molar-refractivity contribution in [3.05, 3.63) is 251 Å². The van der Waals surface area contributed by atoms with Gasteiger partial charge in [0, 0.05) is 141 Å². The minimum Gasteiger partial charge on any atom is -0.356 e. The highest BCUT2D eigenvalue weighted by Crippen LogP contribution is 2.42. The van der Waals surface area contributed by atoms with E-state index in [-0.39, 0.29) is 69.7 Å². The number of aromatic nitrogens is 6. The lowest BCUT2D eigenvalue weighted by molar-refractivity contribution is -0.114. The van der Waals surface area contributed by atoms with Crippen LogP contribution in [0.3, 0.4) is 0 Å². The number of hydrogen-bond donors (Lipinski definition) is 7. The van der Waals surface area contributed by atoms with E-state index in [9.17, 15) is 15.3 Å². The molecule has 0 spiro atoms. The number of alkyl halides is 4. The molecular weight excluding hydrogens is 1980 g/mol. The number of piperidine rings is 6. The number of nitrogens with zero attached hydrogens (tertiary/aromatic N) is 12. The van der Waals surface area contributed by atoms with Crippen LogP contribution in [0.1, 0.15) is 110 Å². The maximum atomic E-state index is 11.4. The zero-order valence-electron chi connectivity index (χ0n) is 78.3. The molecule has 10 aromatic rings. The third kappa shape index (κ3) is 36.0. The van der Waals surface area contributed by atoms with Crippen molar-refractivity contribution < 1.29 is 4.79 Å². The maximum absolute atomic E-state index is 11.4. The monoisotopic (exact) mass is 2110 g/mol. The largest absolute Gasteiger partial charge is 0.356 e. The Morgan fingerprint density at radius 3 is 1.03 bits per heavy atom. The molecule has 6 aliphatic heterocycles. The average molecular weight is 2120 g/mol. The van der Waals surface area contributed by atoms with E-state index in [4.69, 9.17) is 128 Å². The lowest BCUT2D eigenvalue weighted by Gasteiger charge is -2.43. The van der Waals surface area contributed by atoms with Crippen LogP contribution in [0.5, 0.6) is 0 Å². The molecule has 16 rings (SSSR count). The Morgan fingerprint density at radius 1 is 0.396 bits per heavy atom. The molecule has 10 heterocycles. The number of nitriles is 2. The van der Waals surface area contributed by atoms with Gasteiger partial charge in [-0.05, 0) is 317 Å². The molecule has 0 saturated carbocycles. The van der Waals surface area contributed by atoms with Crippen molar-refractivity contribution in [3.8, 4) is 12.1 Å². The lowest BCUT2D eigenvalue weighted by Crippen LogP contribution is -2.47. The summed E-state index contributed by atoms with van der Waals surface area (Å²) in [6.07, 6.45) is 20.3. The topological polar surface area (TPSA) is 227 Å². The highest BCUT2D eigenvalue weighted by atomic mass is 35.5. The van der Waals surface area contributed by atoms with E-state index in [1.54, 1.807) is 12.5 Å². The van der Waals surface area contributed by atoms with Gasteiger partial charge in [-0.25, -0.2) is 19.9 Å². The van der Waals surface area contributed by atoms with Crippen LogP contribution in [0.2, 0.25) is 35.3 Å². The van der Waals surface area contributed by atoms with Crippen molar-refractivity contribution in [2.24, 2.45) is 0 Å². The SMILES string of the molecule is CN(CCCl)CCCl.CN1CCC(C#N)(c2ccc(Cl)cc2)CC1.CN1CCC(C#N)(c2ccc(Cl)cc2)CC1.CN1CCC(C=O)(c2ccc(Cl)cc2)CC1.CNCC1(c2ccc(Cl)cc2)CCN(C)CC1.CNCC1(c2ccc(Cl)cc2)CCN(c2ncnc3[nH]ccc23)CC1.CNCC1(c2ccc(Cl)cc2)CCNCC1.Cl.Cl.Cl.ClCCNCCCl.Clc1ncnc2[nH]ccc12. The molecule has 6 aliphatic rings. The number of anilines is 1. The van der Waals surface area contributed by atoms with Gasteiger partial charge in [-0.3, -0.25) is 0 Å². The van der Waals surface area contributed by atoms with Crippen molar-refractivity contribution in [1.82, 2.24) is 81.0 Å². The molecule has 0 atom stereocenters. The van der Waals surface area contributed by atoms with E-state index in [1.165, 1.54) is 61.8 Å². The first-order valence-electron chi connectivity index (χ1n) is 45.1. The Labute approximate surface area is 870 Å². The van der Waals surface area contributed by atoms with Gasteiger partial charge in [0.25, 0.3) is 0 Å². The number of aldehydes is 1. The number of rotatable bonds is 22. The zero-order valence-corrected chi connectivity index (χ0v) is 89.1. The molecule has 0 radical (unpaired) electrons. The average Bonchev–Trinajstić information content (AvgIpc) is 1.15. The molecule has 734 valence electrons. The molecule has 7 N–H and O–H groups in total. The molecule has 0 amide bonds. The van der Waals surface area contributed by atoms with Crippen molar-refractivity contribution in [2.45, 2.75) is 110 Å². The number of aromatic amines is 2. The van der Waals surface area contributed by atoms with Gasteiger partial charge < -0.3 is 70.7 Å². The second-order valence-corrected chi connectivity index (χ2v) is 39.2. The number of fused-ring (bicyclic) bond motifs is 2. The molecule has 6 aromatic carbocycles. The quantitative estimate of drug-likeness (QED) is 0.0145. The standard InChI is InChI=1S/C19H22ClN5.C14H21ClN2.2C13H15ClN2.C13H19ClN2.C13H16ClNO.C6H4ClN3.C5H11Cl2N.C4H9Cl2N.3ClH/c1-21-12-19(14-2-4-15(20)5-3-14)7-10-25(11-8-19)18-16-6-9-22-17(16)23-13-24-18;1-16-11-14(7-9-17(2)10-8-14)12-3-5-13(15)6-4-12;2*1-16-8-6-13(10-15,7-9-16)11-2-4-12(14)5-3-11;1-15-10-13(6-8-16-9-7-13)11-2-4-12(14)5-3-11;1-15-8-6-13(10-16,7-9-15)11-2-4-12(14)5-3-11;7-5-4-1-2-8-6(4)10-3-9-5;1-8(4-2-6)5-3-7;5-1-3-7-4-2-6;;;/h2-6,9,13,21H,7-8,10-12H2,1H3,(H,22,23,24);3-6,16H,7-11H2,1-2H3;2*2-5H,6-9H2,1H3;2-5,15-16H,6-10H2,1H3;2-5,10H,6-9H2,1H3;1-3H,(H,8,9,10);2-5H2,1H3;7H,1-4H2;3*1H. The molecule has 20 nitrogen and oxygen atoms in total. The molecule has 4 aromatic heterocycles. The molecule has 0 aliphatic carbocycles. The molecule has 0 bridgehead atoms. The molecule has 6 saturated heterocycles. The molecule has 34 heteroatoms. The minimum atomic E-state index is -0.308. The van der Waals surface area contributed by atoms with E-state index in [2.05, 4.69) is 169 Å². The fourth-order valence-electron chi connectivity index (χ4n) is 17.6. The summed E-state index contributed by atoms with van der Waals surface area (Å²) in [6, 6.07) is 57.0. The summed E-state index contributed by atoms with van der Waals surface area (Å²) < 4.78 is 0. The lowest BCUT2D eigenvalue weighted by atomic mass is 9.72. The number of benzene rings is 6. The van der Waals surface area contributed by atoms with Gasteiger partial charge in [-0.1, -0.05) is 154 Å². The summed E-state index contributed by atoms with van der Waals surface area (Å²) in [5, 5.41) is 42.5. The number of likely N-dealkylation sites (N-methyl/N-ethyl adjacent to an activating group) is 3. The Kier molecular flexibility index (Phi) is 55.2. The number of H-pyrrole nitrogens is 2. The first kappa shape index (κ1) is 119. The van der Waals surface area contributed by atoms with Crippen LogP contribution in [0, 0.1) is 22.7 Å². The van der Waals surface area contributed by atoms with Crippen LogP contribution in [0.25, 0.3) is 22.1 Å². The fraction of sp³-hybridized carbons (Fsp3) is 0.490. The Hall–Kier alpha value is -5.33. The van der Waals surface area contributed by atoms with E-state index < -0.39 is 0 Å². The summed E-state index contributed by atoms with van der Waals surface area (Å²) in [6.45, 7) is 19.0. The maximum Gasteiger partial charge on any atom is 0.142 e. The van der Waals surface area contributed by atoms with E-state index in [0.717, 1.165) is 244 Å². The normalized spacial score (nSPS) is 17.3. The summed E-state index contributed by atoms with van der Waals surface area (Å²) in [5.41, 5.74) is 8.97. The van der Waals surface area contributed by atoms with Crippen molar-refractivity contribution >= 4 is 199 Å². The van der Waals surface area contributed by atoms with Crippen LogP contribution in [0.4, 0.5) is 5.82 Å². The second kappa shape index (κ2) is 62.1. The van der Waals surface area contributed by atoms with Gasteiger partial charge in [0.2, 0.25) is 0 Å². The molecule has 0 unspecified atom stereocenters. The number of carbonyl (C=O) groups excluding carboxylic acids is 1. The summed E-state index contributed by atoms with van der Waals surface area (Å²) in [5.74, 6) is 3.73. The minimum absolute atomic E-state index is 0. The summed E-state index contributed by atoms with van der Waals surface area (Å²) >= 11 is 62.9. The van der Waals surface area contributed by atoms with Gasteiger partial charge in [0.05, 0.1) is 39.2 Å². The molecule has 134 heavy (non-hydrogen) atoms. The number of likely N-dealkylation sites (tertiary alicyclic amines) is 4. The van der Waals surface area contributed by atoms with Gasteiger partial charge in [0.1, 0.15) is 41.2 Å². The summed E-state index contributed by atoms with van der Waals surface area (Å²) in [4.78, 5) is 47.8. The summed E-state index contributed by atoms with van der Waals surface area (Å²) in [7, 11) is 16.6. The highest BCUT2D eigenvalue weighted by molar-refractivity contribution is 6.34. The first-order valence-corrected chi connectivity index (χ1v) is 49.9. The number of halogens is 14. The number of carbonyl (C=O) groups is 1. The Bertz CT molecular complexity index is 4870. The molecule has 6 fully saturated rings.